The van der Waals surface area contributed by atoms with Gasteiger partial charge in [0.05, 0.1) is 11.9 Å². The molecule has 1 atom stereocenters. The molecule has 4 saturated carbocycles. The summed E-state index contributed by atoms with van der Waals surface area (Å²) in [6.07, 6.45) is 7.85. The molecule has 2 N–H and O–H groups in total. The van der Waals surface area contributed by atoms with Gasteiger partial charge in [-0.25, -0.2) is 0 Å². The number of aliphatic hydroxyl groups is 1. The number of nitrogens with one attached hydrogen (secondary N) is 1. The first kappa shape index (κ1) is 13.7. The second kappa shape index (κ2) is 5.28. The van der Waals surface area contributed by atoms with Gasteiger partial charge in [0, 0.05) is 11.3 Å². The molecule has 4 bridgehead atoms. The monoisotopic (exact) mass is 283 g/mol. The number of rotatable bonds is 5. The van der Waals surface area contributed by atoms with Crippen molar-refractivity contribution in [1.82, 2.24) is 5.32 Å². The SMILES string of the molecule is C[C@@H](SCCO)C(=O)NC12CC3CC(CC(C3)C1)C2. The first-order chi connectivity index (χ1) is 9.10. The number of thioether (sulfide) groups is 1. The van der Waals surface area contributed by atoms with Gasteiger partial charge in [-0.3, -0.25) is 4.79 Å². The van der Waals surface area contributed by atoms with Gasteiger partial charge in [0.2, 0.25) is 5.91 Å². The Labute approximate surface area is 119 Å². The number of aliphatic hydroxyl groups excluding tert-OH is 1. The van der Waals surface area contributed by atoms with Crippen molar-refractivity contribution in [2.75, 3.05) is 12.4 Å². The van der Waals surface area contributed by atoms with E-state index in [9.17, 15) is 4.79 Å². The van der Waals surface area contributed by atoms with Crippen LogP contribution in [-0.4, -0.2) is 34.2 Å². The highest BCUT2D eigenvalue weighted by molar-refractivity contribution is 8.00. The zero-order chi connectivity index (χ0) is 13.5. The van der Waals surface area contributed by atoms with Crippen LogP contribution in [0.3, 0.4) is 0 Å². The van der Waals surface area contributed by atoms with Crippen LogP contribution < -0.4 is 5.32 Å². The second-order valence-electron chi connectivity index (χ2n) is 6.92. The van der Waals surface area contributed by atoms with E-state index in [0.29, 0.717) is 5.75 Å². The number of hydrogen-bond acceptors (Lipinski definition) is 3. The lowest BCUT2D eigenvalue weighted by Crippen LogP contribution is -2.60. The van der Waals surface area contributed by atoms with Gasteiger partial charge >= 0.3 is 0 Å². The smallest absolute Gasteiger partial charge is 0.233 e. The average molecular weight is 283 g/mol. The van der Waals surface area contributed by atoms with E-state index in [1.165, 1.54) is 38.5 Å². The molecule has 0 aromatic rings. The van der Waals surface area contributed by atoms with Crippen molar-refractivity contribution in [2.24, 2.45) is 17.8 Å². The fourth-order valence-electron chi connectivity index (χ4n) is 4.93. The maximum atomic E-state index is 12.3. The van der Waals surface area contributed by atoms with Gasteiger partial charge in [-0.15, -0.1) is 11.8 Å². The lowest BCUT2D eigenvalue weighted by Gasteiger charge is -2.57. The molecule has 0 heterocycles. The van der Waals surface area contributed by atoms with E-state index in [1.807, 2.05) is 6.92 Å². The molecule has 0 radical (unpaired) electrons. The zero-order valence-electron chi connectivity index (χ0n) is 11.7. The van der Waals surface area contributed by atoms with E-state index in [2.05, 4.69) is 5.32 Å². The van der Waals surface area contributed by atoms with Gasteiger partial charge in [-0.2, -0.15) is 0 Å². The van der Waals surface area contributed by atoms with Crippen molar-refractivity contribution in [2.45, 2.75) is 56.2 Å². The highest BCUT2D eigenvalue weighted by Crippen LogP contribution is 2.55. The third kappa shape index (κ3) is 2.80. The number of carbonyl (C=O) groups excluding carboxylic acids is 1. The average Bonchev–Trinajstić information content (AvgIpc) is 2.33. The lowest BCUT2D eigenvalue weighted by molar-refractivity contribution is -0.126. The summed E-state index contributed by atoms with van der Waals surface area (Å²) < 4.78 is 0. The van der Waals surface area contributed by atoms with Crippen LogP contribution in [-0.2, 0) is 4.79 Å². The highest BCUT2D eigenvalue weighted by Gasteiger charge is 2.51. The van der Waals surface area contributed by atoms with Gasteiger partial charge < -0.3 is 10.4 Å². The van der Waals surface area contributed by atoms with E-state index < -0.39 is 0 Å². The molecule has 4 aliphatic rings. The fraction of sp³-hybridized carbons (Fsp3) is 0.933. The molecule has 4 rings (SSSR count). The largest absolute Gasteiger partial charge is 0.396 e. The van der Waals surface area contributed by atoms with E-state index in [-0.39, 0.29) is 23.3 Å². The Morgan fingerprint density at radius 1 is 1.26 bits per heavy atom. The molecule has 4 heteroatoms. The number of hydrogen-bond donors (Lipinski definition) is 2. The normalized spacial score (nSPS) is 41.3. The number of carbonyl (C=O) groups is 1. The van der Waals surface area contributed by atoms with Crippen LogP contribution in [0.25, 0.3) is 0 Å². The molecule has 0 unspecified atom stereocenters. The minimum atomic E-state index is -0.0415. The molecule has 0 spiro atoms. The third-order valence-electron chi connectivity index (χ3n) is 5.25. The molecule has 108 valence electrons. The Hall–Kier alpha value is -0.220. The van der Waals surface area contributed by atoms with Gasteiger partial charge in [-0.1, -0.05) is 0 Å². The van der Waals surface area contributed by atoms with Gasteiger partial charge in [0.1, 0.15) is 0 Å². The summed E-state index contributed by atoms with van der Waals surface area (Å²) in [4.78, 5) is 12.3. The molecule has 0 aromatic carbocycles. The molecule has 19 heavy (non-hydrogen) atoms. The number of amides is 1. The maximum Gasteiger partial charge on any atom is 0.233 e. The van der Waals surface area contributed by atoms with Gasteiger partial charge in [0.15, 0.2) is 0 Å². The first-order valence-corrected chi connectivity index (χ1v) is 8.69. The van der Waals surface area contributed by atoms with E-state index in [1.54, 1.807) is 11.8 Å². The molecule has 0 aliphatic heterocycles. The van der Waals surface area contributed by atoms with E-state index >= 15 is 0 Å². The van der Waals surface area contributed by atoms with Crippen LogP contribution in [0.2, 0.25) is 0 Å². The predicted molar refractivity (Wildman–Crippen MR) is 78.1 cm³/mol. The Morgan fingerprint density at radius 3 is 2.26 bits per heavy atom. The third-order valence-corrected chi connectivity index (χ3v) is 6.39. The molecule has 3 nitrogen and oxygen atoms in total. The summed E-state index contributed by atoms with van der Waals surface area (Å²) >= 11 is 1.55. The Kier molecular flexibility index (Phi) is 3.82. The Bertz CT molecular complexity index is 323. The zero-order valence-corrected chi connectivity index (χ0v) is 12.5. The van der Waals surface area contributed by atoms with Crippen LogP contribution in [0.4, 0.5) is 0 Å². The van der Waals surface area contributed by atoms with Crippen molar-refractivity contribution in [1.29, 1.82) is 0 Å². The summed E-state index contributed by atoms with van der Waals surface area (Å²) in [7, 11) is 0. The molecule has 4 fully saturated rings. The van der Waals surface area contributed by atoms with Crippen molar-refractivity contribution in [3.63, 3.8) is 0 Å². The maximum absolute atomic E-state index is 12.3. The molecular formula is C15H25NO2S. The standard InChI is InChI=1S/C15H25NO2S/c1-10(19-3-2-17)14(18)16-15-7-11-4-12(8-15)6-13(5-11)9-15/h10-13,17H,2-9H2,1H3,(H,16,18)/t10-,11?,12?,13?,15?/m1/s1. The molecule has 0 aromatic heterocycles. The Balaban J connectivity index is 1.61. The fourth-order valence-corrected chi connectivity index (χ4v) is 5.60. The van der Waals surface area contributed by atoms with Crippen molar-refractivity contribution in [3.8, 4) is 0 Å². The van der Waals surface area contributed by atoms with Crippen LogP contribution in [0, 0.1) is 17.8 Å². The minimum absolute atomic E-state index is 0.0415. The summed E-state index contributed by atoms with van der Waals surface area (Å²) in [6, 6.07) is 0. The van der Waals surface area contributed by atoms with E-state index in [0.717, 1.165) is 17.8 Å². The summed E-state index contributed by atoms with van der Waals surface area (Å²) in [5, 5.41) is 12.2. The summed E-state index contributed by atoms with van der Waals surface area (Å²) in [5.41, 5.74) is 0.125. The molecular weight excluding hydrogens is 258 g/mol. The lowest BCUT2D eigenvalue weighted by atomic mass is 9.53. The Morgan fingerprint density at radius 2 is 1.79 bits per heavy atom. The highest BCUT2D eigenvalue weighted by atomic mass is 32.2. The van der Waals surface area contributed by atoms with Crippen LogP contribution in [0.5, 0.6) is 0 Å². The molecule has 1 amide bonds. The second-order valence-corrected chi connectivity index (χ2v) is 8.37. The van der Waals surface area contributed by atoms with Gasteiger partial charge in [0.25, 0.3) is 0 Å². The van der Waals surface area contributed by atoms with E-state index in [4.69, 9.17) is 5.11 Å². The molecule has 0 saturated heterocycles. The summed E-state index contributed by atoms with van der Waals surface area (Å²) in [6.45, 7) is 2.11. The van der Waals surface area contributed by atoms with Crippen molar-refractivity contribution in [3.05, 3.63) is 0 Å². The topological polar surface area (TPSA) is 49.3 Å². The summed E-state index contributed by atoms with van der Waals surface area (Å²) in [5.74, 6) is 3.43. The van der Waals surface area contributed by atoms with Crippen LogP contribution in [0.1, 0.15) is 45.4 Å². The van der Waals surface area contributed by atoms with Crippen molar-refractivity contribution >= 4 is 17.7 Å². The van der Waals surface area contributed by atoms with Crippen LogP contribution >= 0.6 is 11.8 Å². The quantitative estimate of drug-likeness (QED) is 0.813. The predicted octanol–water partition coefficient (Wildman–Crippen LogP) is 2.19. The minimum Gasteiger partial charge on any atom is -0.396 e. The van der Waals surface area contributed by atoms with Crippen molar-refractivity contribution < 1.29 is 9.90 Å². The van der Waals surface area contributed by atoms with Crippen LogP contribution in [0.15, 0.2) is 0 Å². The first-order valence-electron chi connectivity index (χ1n) is 7.65. The molecule has 4 aliphatic carbocycles. The van der Waals surface area contributed by atoms with Gasteiger partial charge in [-0.05, 0) is 63.2 Å².